The highest BCUT2D eigenvalue weighted by Gasteiger charge is 2.21. The van der Waals surface area contributed by atoms with Crippen molar-refractivity contribution in [3.63, 3.8) is 0 Å². The van der Waals surface area contributed by atoms with E-state index in [1.165, 1.54) is 5.56 Å². The maximum Gasteiger partial charge on any atom is 0.162 e. The van der Waals surface area contributed by atoms with Crippen molar-refractivity contribution in [3.05, 3.63) is 56.6 Å². The smallest absolute Gasteiger partial charge is 0.162 e. The Labute approximate surface area is 173 Å². The molecule has 140 valence electrons. The van der Waals surface area contributed by atoms with Crippen LogP contribution < -0.4 is 9.47 Å². The molecule has 1 aliphatic rings. The summed E-state index contributed by atoms with van der Waals surface area (Å²) in [5, 5.41) is 0.768. The molecule has 0 bridgehead atoms. The Bertz CT molecular complexity index is 711. The number of halogens is 2. The highest BCUT2D eigenvalue weighted by Crippen LogP contribution is 2.29. The molecule has 0 amide bonds. The van der Waals surface area contributed by atoms with Gasteiger partial charge in [0.15, 0.2) is 11.5 Å². The monoisotopic (exact) mass is 487 g/mol. The molecule has 1 unspecified atom stereocenters. The van der Waals surface area contributed by atoms with Gasteiger partial charge in [0.25, 0.3) is 0 Å². The van der Waals surface area contributed by atoms with E-state index in [9.17, 15) is 0 Å². The largest absolute Gasteiger partial charge is 0.490 e. The minimum Gasteiger partial charge on any atom is -0.490 e. The molecule has 2 aromatic rings. The van der Waals surface area contributed by atoms with Crippen molar-refractivity contribution in [3.8, 4) is 11.5 Å². The third kappa shape index (κ3) is 5.74. The van der Waals surface area contributed by atoms with Gasteiger partial charge in [-0.15, -0.1) is 0 Å². The van der Waals surface area contributed by atoms with Gasteiger partial charge < -0.3 is 14.2 Å². The van der Waals surface area contributed by atoms with Crippen LogP contribution in [0, 0.1) is 3.57 Å². The second-order valence-corrected chi connectivity index (χ2v) is 7.87. The summed E-state index contributed by atoms with van der Waals surface area (Å²) in [6, 6.07) is 14.0. The van der Waals surface area contributed by atoms with Crippen molar-refractivity contribution < 1.29 is 14.2 Å². The van der Waals surface area contributed by atoms with E-state index in [2.05, 4.69) is 39.6 Å². The molecule has 1 aliphatic heterocycles. The third-order valence-electron chi connectivity index (χ3n) is 4.17. The summed E-state index contributed by atoms with van der Waals surface area (Å²) in [6.45, 7) is 6.48. The molecular formula is C20H23ClINO3. The van der Waals surface area contributed by atoms with Crippen molar-refractivity contribution in [2.45, 2.75) is 19.6 Å². The van der Waals surface area contributed by atoms with E-state index >= 15 is 0 Å². The second-order valence-electron chi connectivity index (χ2n) is 6.19. The fourth-order valence-corrected chi connectivity index (χ4v) is 3.51. The van der Waals surface area contributed by atoms with Gasteiger partial charge in [0, 0.05) is 28.2 Å². The van der Waals surface area contributed by atoms with Crippen LogP contribution in [0.5, 0.6) is 11.5 Å². The summed E-state index contributed by atoms with van der Waals surface area (Å²) in [7, 11) is 0. The van der Waals surface area contributed by atoms with Crippen LogP contribution in [0.3, 0.4) is 0 Å². The van der Waals surface area contributed by atoms with Crippen LogP contribution in [0.2, 0.25) is 5.02 Å². The number of hydrogen-bond donors (Lipinski definition) is 0. The molecule has 1 saturated heterocycles. The molecule has 0 spiro atoms. The third-order valence-corrected chi connectivity index (χ3v) is 5.10. The average Bonchev–Trinajstić information content (AvgIpc) is 2.64. The molecule has 1 atom stereocenters. The Balaban J connectivity index is 1.54. The van der Waals surface area contributed by atoms with Crippen LogP contribution in [0.15, 0.2) is 42.5 Å². The van der Waals surface area contributed by atoms with Crippen molar-refractivity contribution >= 4 is 34.2 Å². The fraction of sp³-hybridized carbons (Fsp3) is 0.400. The van der Waals surface area contributed by atoms with Crippen molar-refractivity contribution in [1.82, 2.24) is 4.90 Å². The minimum atomic E-state index is 0.0461. The van der Waals surface area contributed by atoms with Gasteiger partial charge in [-0.3, -0.25) is 4.90 Å². The van der Waals surface area contributed by atoms with Crippen LogP contribution in [0.1, 0.15) is 12.5 Å². The Kier molecular flexibility index (Phi) is 7.42. The molecule has 0 aliphatic carbocycles. The first-order valence-corrected chi connectivity index (χ1v) is 10.2. The predicted molar refractivity (Wildman–Crippen MR) is 112 cm³/mol. The predicted octanol–water partition coefficient (Wildman–Crippen LogP) is 4.62. The SMILES string of the molecule is CCOc1cc(I)ccc1OCC1CN(Cc2ccc(Cl)cc2)CCO1. The highest BCUT2D eigenvalue weighted by molar-refractivity contribution is 14.1. The van der Waals surface area contributed by atoms with Gasteiger partial charge >= 0.3 is 0 Å². The van der Waals surface area contributed by atoms with Gasteiger partial charge in [-0.25, -0.2) is 0 Å². The normalized spacial score (nSPS) is 17.9. The number of hydrogen-bond acceptors (Lipinski definition) is 4. The van der Waals surface area contributed by atoms with Gasteiger partial charge in [0.1, 0.15) is 12.7 Å². The Morgan fingerprint density at radius 2 is 1.96 bits per heavy atom. The number of nitrogens with zero attached hydrogens (tertiary/aromatic N) is 1. The topological polar surface area (TPSA) is 30.9 Å². The van der Waals surface area contributed by atoms with Crippen LogP contribution in [0.4, 0.5) is 0 Å². The molecule has 0 radical (unpaired) electrons. The number of rotatable bonds is 7. The summed E-state index contributed by atoms with van der Waals surface area (Å²) >= 11 is 8.23. The first kappa shape index (κ1) is 19.7. The van der Waals surface area contributed by atoms with Crippen LogP contribution in [-0.2, 0) is 11.3 Å². The lowest BCUT2D eigenvalue weighted by molar-refractivity contribution is -0.0507. The van der Waals surface area contributed by atoms with Crippen LogP contribution in [-0.4, -0.2) is 43.9 Å². The molecule has 0 N–H and O–H groups in total. The number of ether oxygens (including phenoxy) is 3. The molecule has 26 heavy (non-hydrogen) atoms. The van der Waals surface area contributed by atoms with Gasteiger partial charge in [-0.2, -0.15) is 0 Å². The quantitative estimate of drug-likeness (QED) is 0.533. The van der Waals surface area contributed by atoms with Crippen LogP contribution >= 0.6 is 34.2 Å². The Hall–Kier alpha value is -1.02. The van der Waals surface area contributed by atoms with E-state index < -0.39 is 0 Å². The van der Waals surface area contributed by atoms with E-state index in [1.54, 1.807) is 0 Å². The molecule has 0 aromatic heterocycles. The lowest BCUT2D eigenvalue weighted by Gasteiger charge is -2.33. The molecule has 3 rings (SSSR count). The molecule has 1 fully saturated rings. The molecule has 1 heterocycles. The summed E-state index contributed by atoms with van der Waals surface area (Å²) in [6.07, 6.45) is 0.0461. The Morgan fingerprint density at radius 1 is 1.15 bits per heavy atom. The highest BCUT2D eigenvalue weighted by atomic mass is 127. The minimum absolute atomic E-state index is 0.0461. The van der Waals surface area contributed by atoms with Crippen LogP contribution in [0.25, 0.3) is 0 Å². The summed E-state index contributed by atoms with van der Waals surface area (Å²) in [5.41, 5.74) is 1.26. The number of morpholine rings is 1. The zero-order valence-electron chi connectivity index (χ0n) is 14.8. The Morgan fingerprint density at radius 3 is 2.73 bits per heavy atom. The second kappa shape index (κ2) is 9.78. The van der Waals surface area contributed by atoms with E-state index in [-0.39, 0.29) is 6.10 Å². The lowest BCUT2D eigenvalue weighted by Crippen LogP contribution is -2.44. The number of benzene rings is 2. The van der Waals surface area contributed by atoms with Gasteiger partial charge in [0.2, 0.25) is 0 Å². The van der Waals surface area contributed by atoms with Crippen molar-refractivity contribution in [2.75, 3.05) is 32.9 Å². The summed E-state index contributed by atoms with van der Waals surface area (Å²) < 4.78 is 18.7. The zero-order chi connectivity index (χ0) is 18.4. The first-order chi connectivity index (χ1) is 12.6. The average molecular weight is 488 g/mol. The summed E-state index contributed by atoms with van der Waals surface area (Å²) in [5.74, 6) is 1.55. The van der Waals surface area contributed by atoms with E-state index in [4.69, 9.17) is 25.8 Å². The van der Waals surface area contributed by atoms with E-state index in [1.807, 2.05) is 37.3 Å². The molecule has 2 aromatic carbocycles. The maximum absolute atomic E-state index is 6.00. The van der Waals surface area contributed by atoms with Gasteiger partial charge in [-0.05, 0) is 65.4 Å². The first-order valence-electron chi connectivity index (χ1n) is 8.77. The fourth-order valence-electron chi connectivity index (χ4n) is 2.93. The maximum atomic E-state index is 6.00. The van der Waals surface area contributed by atoms with Gasteiger partial charge in [-0.1, -0.05) is 23.7 Å². The molecule has 0 saturated carbocycles. The van der Waals surface area contributed by atoms with Crippen molar-refractivity contribution in [2.24, 2.45) is 0 Å². The van der Waals surface area contributed by atoms with E-state index in [0.717, 1.165) is 39.7 Å². The summed E-state index contributed by atoms with van der Waals surface area (Å²) in [4.78, 5) is 2.39. The standard InChI is InChI=1S/C20H23ClINO3/c1-2-24-20-11-17(22)7-8-19(20)26-14-18-13-23(9-10-25-18)12-15-3-5-16(21)6-4-15/h3-8,11,18H,2,9-10,12-14H2,1H3. The van der Waals surface area contributed by atoms with Gasteiger partial charge in [0.05, 0.1) is 13.2 Å². The van der Waals surface area contributed by atoms with Crippen molar-refractivity contribution in [1.29, 1.82) is 0 Å². The molecule has 4 nitrogen and oxygen atoms in total. The molecular weight excluding hydrogens is 465 g/mol. The van der Waals surface area contributed by atoms with E-state index in [0.29, 0.717) is 19.8 Å². The lowest BCUT2D eigenvalue weighted by atomic mass is 10.2. The zero-order valence-corrected chi connectivity index (χ0v) is 17.7. The molecule has 6 heteroatoms.